The first-order valence-corrected chi connectivity index (χ1v) is 8.36. The molecule has 1 heterocycles. The van der Waals surface area contributed by atoms with Crippen molar-refractivity contribution in [3.8, 4) is 0 Å². The Morgan fingerprint density at radius 2 is 2.00 bits per heavy atom. The third kappa shape index (κ3) is 3.64. The molecule has 3 aliphatic rings. The van der Waals surface area contributed by atoms with Gasteiger partial charge in [-0.25, -0.2) is 0 Å². The molecule has 2 saturated carbocycles. The highest BCUT2D eigenvalue weighted by Gasteiger charge is 2.35. The second kappa shape index (κ2) is 6.29. The van der Waals surface area contributed by atoms with E-state index in [4.69, 9.17) is 4.74 Å². The number of amidine groups is 1. The van der Waals surface area contributed by atoms with Crippen molar-refractivity contribution in [1.82, 2.24) is 5.32 Å². The molecule has 4 heteroatoms. The van der Waals surface area contributed by atoms with E-state index in [1.165, 1.54) is 44.9 Å². The van der Waals surface area contributed by atoms with Crippen molar-refractivity contribution in [3.63, 3.8) is 0 Å². The Balaban J connectivity index is 1.26. The molecule has 0 spiro atoms. The predicted molar refractivity (Wildman–Crippen MR) is 77.2 cm³/mol. The van der Waals surface area contributed by atoms with E-state index < -0.39 is 0 Å². The molecule has 0 aromatic rings. The average Bonchev–Trinajstić information content (AvgIpc) is 3.16. The lowest BCUT2D eigenvalue weighted by molar-refractivity contribution is 0.0319. The maximum absolute atomic E-state index is 5.90. The van der Waals surface area contributed by atoms with Crippen molar-refractivity contribution < 1.29 is 4.74 Å². The second-order valence-corrected chi connectivity index (χ2v) is 6.93. The smallest absolute Gasteiger partial charge is 0.157 e. The first-order valence-electron chi connectivity index (χ1n) is 7.48. The van der Waals surface area contributed by atoms with Crippen LogP contribution in [0.3, 0.4) is 0 Å². The standard InChI is InChI=1S/C14H24N2OS/c1-2-4-12(5-3-1)17-9-8-15-14-16-10-13(18-14)11-6-7-11/h11-13H,1-10H2,(H,15,16). The quantitative estimate of drug-likeness (QED) is 0.778. The molecule has 3 nitrogen and oxygen atoms in total. The molecule has 2 aliphatic carbocycles. The fourth-order valence-corrected chi connectivity index (χ4v) is 4.05. The van der Waals surface area contributed by atoms with Gasteiger partial charge in [0.1, 0.15) is 0 Å². The van der Waals surface area contributed by atoms with Gasteiger partial charge in [0.25, 0.3) is 0 Å². The molecular formula is C14H24N2OS. The molecule has 1 atom stereocenters. The van der Waals surface area contributed by atoms with Crippen LogP contribution in [0.1, 0.15) is 44.9 Å². The van der Waals surface area contributed by atoms with Crippen molar-refractivity contribution in [1.29, 1.82) is 0 Å². The van der Waals surface area contributed by atoms with E-state index in [1.807, 2.05) is 11.8 Å². The summed E-state index contributed by atoms with van der Waals surface area (Å²) in [4.78, 5) is 4.58. The molecule has 18 heavy (non-hydrogen) atoms. The fraction of sp³-hybridized carbons (Fsp3) is 0.929. The minimum Gasteiger partial charge on any atom is -0.376 e. The molecule has 1 aliphatic heterocycles. The maximum atomic E-state index is 5.90. The van der Waals surface area contributed by atoms with Gasteiger partial charge in [-0.05, 0) is 31.6 Å². The van der Waals surface area contributed by atoms with E-state index in [-0.39, 0.29) is 0 Å². The van der Waals surface area contributed by atoms with Crippen LogP contribution in [0, 0.1) is 5.92 Å². The summed E-state index contributed by atoms with van der Waals surface area (Å²) in [7, 11) is 0. The minimum absolute atomic E-state index is 0.526. The number of aliphatic imine (C=N–C) groups is 1. The highest BCUT2D eigenvalue weighted by atomic mass is 32.2. The lowest BCUT2D eigenvalue weighted by Crippen LogP contribution is -2.27. The Bertz CT molecular complexity index is 298. The van der Waals surface area contributed by atoms with Crippen molar-refractivity contribution in [2.45, 2.75) is 56.3 Å². The third-order valence-electron chi connectivity index (χ3n) is 4.11. The number of thioether (sulfide) groups is 1. The number of rotatable bonds is 5. The first-order chi connectivity index (χ1) is 8.92. The van der Waals surface area contributed by atoms with Gasteiger partial charge in [0, 0.05) is 11.8 Å². The van der Waals surface area contributed by atoms with Crippen LogP contribution in [0.4, 0.5) is 0 Å². The van der Waals surface area contributed by atoms with Crippen molar-refractivity contribution in [2.75, 3.05) is 19.7 Å². The molecule has 1 N–H and O–H groups in total. The lowest BCUT2D eigenvalue weighted by atomic mass is 9.98. The van der Waals surface area contributed by atoms with Gasteiger partial charge in [0.2, 0.25) is 0 Å². The van der Waals surface area contributed by atoms with Crippen LogP contribution in [0.25, 0.3) is 0 Å². The van der Waals surface area contributed by atoms with Crippen LogP contribution < -0.4 is 5.32 Å². The van der Waals surface area contributed by atoms with Gasteiger partial charge < -0.3 is 10.1 Å². The highest BCUT2D eigenvalue weighted by molar-refractivity contribution is 8.14. The fourth-order valence-electron chi connectivity index (χ4n) is 2.82. The van der Waals surface area contributed by atoms with Gasteiger partial charge in [0.05, 0.1) is 19.3 Å². The summed E-state index contributed by atoms with van der Waals surface area (Å²) in [6.45, 7) is 2.78. The second-order valence-electron chi connectivity index (χ2n) is 5.70. The van der Waals surface area contributed by atoms with Gasteiger partial charge in [0.15, 0.2) is 5.17 Å². The molecule has 0 amide bonds. The van der Waals surface area contributed by atoms with Crippen LogP contribution >= 0.6 is 11.8 Å². The molecule has 0 aromatic carbocycles. The molecule has 0 bridgehead atoms. The summed E-state index contributed by atoms with van der Waals surface area (Å²) in [5.74, 6) is 0.955. The van der Waals surface area contributed by atoms with Gasteiger partial charge in [-0.1, -0.05) is 31.0 Å². The number of nitrogens with one attached hydrogen (secondary N) is 1. The Hall–Kier alpha value is -0.220. The first kappa shape index (κ1) is 12.8. The third-order valence-corrected chi connectivity index (χ3v) is 5.44. The summed E-state index contributed by atoms with van der Waals surface area (Å²) in [5.41, 5.74) is 0. The largest absolute Gasteiger partial charge is 0.376 e. The van der Waals surface area contributed by atoms with Gasteiger partial charge in [-0.2, -0.15) is 0 Å². The van der Waals surface area contributed by atoms with Gasteiger partial charge in [-0.15, -0.1) is 0 Å². The average molecular weight is 268 g/mol. The van der Waals surface area contributed by atoms with E-state index in [1.54, 1.807) is 0 Å². The molecule has 1 unspecified atom stereocenters. The van der Waals surface area contributed by atoms with Crippen LogP contribution in [0.15, 0.2) is 4.99 Å². The Morgan fingerprint density at radius 1 is 1.17 bits per heavy atom. The summed E-state index contributed by atoms with van der Waals surface area (Å²) >= 11 is 1.95. The van der Waals surface area contributed by atoms with E-state index >= 15 is 0 Å². The number of nitrogens with zero attached hydrogens (tertiary/aromatic N) is 1. The lowest BCUT2D eigenvalue weighted by Gasteiger charge is -2.22. The molecule has 0 radical (unpaired) electrons. The van der Waals surface area contributed by atoms with Crippen LogP contribution in [0.2, 0.25) is 0 Å². The topological polar surface area (TPSA) is 33.6 Å². The van der Waals surface area contributed by atoms with Crippen molar-refractivity contribution in [2.24, 2.45) is 10.9 Å². The summed E-state index contributed by atoms with van der Waals surface area (Å²) < 4.78 is 5.90. The SMILES string of the molecule is C1CCC(OCCNC2=NCC(C3CC3)S2)CC1. The Kier molecular flexibility index (Phi) is 4.47. The summed E-state index contributed by atoms with van der Waals surface area (Å²) in [6.07, 6.45) is 10.00. The normalized spacial score (nSPS) is 29.3. The van der Waals surface area contributed by atoms with E-state index in [0.29, 0.717) is 6.10 Å². The van der Waals surface area contributed by atoms with Gasteiger partial charge in [-0.3, -0.25) is 4.99 Å². The molecule has 3 rings (SSSR count). The molecule has 2 fully saturated rings. The minimum atomic E-state index is 0.526. The van der Waals surface area contributed by atoms with Crippen molar-refractivity contribution in [3.05, 3.63) is 0 Å². The van der Waals surface area contributed by atoms with Crippen molar-refractivity contribution >= 4 is 16.9 Å². The summed E-state index contributed by atoms with van der Waals surface area (Å²) in [6, 6.07) is 0. The number of hydrogen-bond acceptors (Lipinski definition) is 4. The van der Waals surface area contributed by atoms with Crippen LogP contribution in [-0.2, 0) is 4.74 Å². The van der Waals surface area contributed by atoms with E-state index in [2.05, 4.69) is 10.3 Å². The van der Waals surface area contributed by atoms with E-state index in [9.17, 15) is 0 Å². The molecule has 102 valence electrons. The molecule has 0 saturated heterocycles. The maximum Gasteiger partial charge on any atom is 0.157 e. The zero-order valence-electron chi connectivity index (χ0n) is 11.1. The van der Waals surface area contributed by atoms with Gasteiger partial charge >= 0.3 is 0 Å². The molecule has 0 aromatic heterocycles. The number of hydrogen-bond donors (Lipinski definition) is 1. The zero-order chi connectivity index (χ0) is 12.2. The zero-order valence-corrected chi connectivity index (χ0v) is 11.9. The summed E-state index contributed by atoms with van der Waals surface area (Å²) in [5, 5.41) is 5.34. The van der Waals surface area contributed by atoms with Crippen LogP contribution in [-0.4, -0.2) is 36.2 Å². The predicted octanol–water partition coefficient (Wildman–Crippen LogP) is 2.81. The molecular weight excluding hydrogens is 244 g/mol. The monoisotopic (exact) mass is 268 g/mol. The van der Waals surface area contributed by atoms with Crippen LogP contribution in [0.5, 0.6) is 0 Å². The Labute approximate surface area is 114 Å². The Morgan fingerprint density at radius 3 is 2.78 bits per heavy atom. The highest BCUT2D eigenvalue weighted by Crippen LogP contribution is 2.41. The van der Waals surface area contributed by atoms with E-state index in [0.717, 1.165) is 36.0 Å². The number of ether oxygens (including phenoxy) is 1.